The summed E-state index contributed by atoms with van der Waals surface area (Å²) in [6, 6.07) is 5.12. The highest BCUT2D eigenvalue weighted by molar-refractivity contribution is 9.10. The van der Waals surface area contributed by atoms with Gasteiger partial charge in [0.05, 0.1) is 5.56 Å². The number of benzene rings is 1. The first kappa shape index (κ1) is 12.0. The Kier molecular flexibility index (Phi) is 3.11. The molecule has 0 bridgehead atoms. The molecule has 2 rings (SSSR count). The number of phenolic OH excluding ortho intramolecular Hbond substituents is 1. The second-order valence-electron chi connectivity index (χ2n) is 4.16. The molecule has 0 amide bonds. The highest BCUT2D eigenvalue weighted by Crippen LogP contribution is 2.37. The van der Waals surface area contributed by atoms with Gasteiger partial charge in [0, 0.05) is 10.5 Å². The summed E-state index contributed by atoms with van der Waals surface area (Å²) in [5, 5.41) is 13.6. The van der Waals surface area contributed by atoms with E-state index in [0.29, 0.717) is 23.1 Å². The van der Waals surface area contributed by atoms with E-state index in [9.17, 15) is 5.11 Å². The lowest BCUT2D eigenvalue weighted by Crippen LogP contribution is -1.90. The maximum Gasteiger partial charge on any atom is 0.172 e. The number of rotatable bonds is 2. The summed E-state index contributed by atoms with van der Waals surface area (Å²) in [6.45, 7) is 4.12. The first-order chi connectivity index (χ1) is 7.99. The van der Waals surface area contributed by atoms with Crippen molar-refractivity contribution in [3.63, 3.8) is 0 Å². The zero-order valence-electron chi connectivity index (χ0n) is 9.57. The Hall–Kier alpha value is -1.49. The molecule has 0 aliphatic rings. The maximum absolute atomic E-state index is 9.98. The third-order valence-corrected chi connectivity index (χ3v) is 3.22. The molecule has 5 heteroatoms. The molecule has 0 spiro atoms. The summed E-state index contributed by atoms with van der Waals surface area (Å²) in [5.41, 5.74) is 7.10. The Morgan fingerprint density at radius 2 is 2.06 bits per heavy atom. The normalized spacial score (nSPS) is 11.1. The molecule has 1 heterocycles. The van der Waals surface area contributed by atoms with E-state index >= 15 is 0 Å². The molecule has 1 aromatic carbocycles. The third-order valence-electron chi connectivity index (χ3n) is 2.53. The number of anilines is 1. The molecule has 17 heavy (non-hydrogen) atoms. The van der Waals surface area contributed by atoms with Gasteiger partial charge in [-0.2, -0.15) is 0 Å². The minimum atomic E-state index is 0.160. The fraction of sp³-hybridized carbons (Fsp3) is 0.250. The van der Waals surface area contributed by atoms with Gasteiger partial charge < -0.3 is 15.4 Å². The number of aromatic hydroxyl groups is 1. The van der Waals surface area contributed by atoms with Crippen LogP contribution in [0.25, 0.3) is 11.3 Å². The number of nitrogens with two attached hydrogens (primary N) is 1. The van der Waals surface area contributed by atoms with Crippen LogP contribution in [0.3, 0.4) is 0 Å². The lowest BCUT2D eigenvalue weighted by atomic mass is 10.00. The second kappa shape index (κ2) is 4.41. The first-order valence-corrected chi connectivity index (χ1v) is 6.03. The van der Waals surface area contributed by atoms with E-state index in [1.807, 2.05) is 6.07 Å². The number of hydrogen-bond donors (Lipinski definition) is 2. The smallest absolute Gasteiger partial charge is 0.172 e. The Labute approximate surface area is 108 Å². The van der Waals surface area contributed by atoms with Gasteiger partial charge in [0.25, 0.3) is 0 Å². The van der Waals surface area contributed by atoms with Gasteiger partial charge >= 0.3 is 0 Å². The zero-order valence-corrected chi connectivity index (χ0v) is 11.2. The minimum absolute atomic E-state index is 0.160. The van der Waals surface area contributed by atoms with Crippen LogP contribution >= 0.6 is 15.9 Å². The van der Waals surface area contributed by atoms with E-state index in [4.69, 9.17) is 10.3 Å². The second-order valence-corrected chi connectivity index (χ2v) is 5.02. The molecule has 0 saturated carbocycles. The molecule has 4 nitrogen and oxygen atoms in total. The van der Waals surface area contributed by atoms with E-state index < -0.39 is 0 Å². The van der Waals surface area contributed by atoms with Crippen LogP contribution in [0, 0.1) is 0 Å². The molecule has 0 aliphatic carbocycles. The SMILES string of the molecule is CC(C)c1cc(O)c(-c2cc(N)no2)cc1Br. The standard InChI is InChI=1S/C12H13BrN2O2/c1-6(2)7-4-10(16)8(3-9(7)13)11-5-12(14)15-17-11/h3-6,16H,1-2H3,(H2,14,15). The number of nitrogens with zero attached hydrogens (tertiary/aromatic N) is 1. The van der Waals surface area contributed by atoms with Gasteiger partial charge in [-0.05, 0) is 23.6 Å². The number of phenols is 1. The predicted octanol–water partition coefficient (Wildman–Crippen LogP) is 3.52. The van der Waals surface area contributed by atoms with Crippen molar-refractivity contribution in [3.05, 3.63) is 28.2 Å². The molecule has 0 atom stereocenters. The summed E-state index contributed by atoms with van der Waals surface area (Å²) in [6.07, 6.45) is 0. The maximum atomic E-state index is 9.98. The summed E-state index contributed by atoms with van der Waals surface area (Å²) in [7, 11) is 0. The molecule has 0 radical (unpaired) electrons. The van der Waals surface area contributed by atoms with Crippen LogP contribution in [-0.2, 0) is 0 Å². The van der Waals surface area contributed by atoms with Crippen molar-refractivity contribution in [3.8, 4) is 17.1 Å². The monoisotopic (exact) mass is 296 g/mol. The molecule has 0 aliphatic heterocycles. The molecular formula is C12H13BrN2O2. The van der Waals surface area contributed by atoms with E-state index in [0.717, 1.165) is 10.0 Å². The largest absolute Gasteiger partial charge is 0.507 e. The van der Waals surface area contributed by atoms with Crippen LogP contribution in [0.1, 0.15) is 25.3 Å². The van der Waals surface area contributed by atoms with Crippen molar-refractivity contribution >= 4 is 21.7 Å². The van der Waals surface area contributed by atoms with E-state index in [-0.39, 0.29) is 5.75 Å². The van der Waals surface area contributed by atoms with Gasteiger partial charge in [-0.3, -0.25) is 0 Å². The Morgan fingerprint density at radius 1 is 1.35 bits per heavy atom. The number of hydrogen-bond acceptors (Lipinski definition) is 4. The fourth-order valence-corrected chi connectivity index (χ4v) is 2.43. The predicted molar refractivity (Wildman–Crippen MR) is 69.8 cm³/mol. The Bertz CT molecular complexity index is 549. The van der Waals surface area contributed by atoms with Crippen molar-refractivity contribution in [2.45, 2.75) is 19.8 Å². The summed E-state index contributed by atoms with van der Waals surface area (Å²) in [4.78, 5) is 0. The summed E-state index contributed by atoms with van der Waals surface area (Å²) >= 11 is 3.48. The molecule has 0 unspecified atom stereocenters. The van der Waals surface area contributed by atoms with Crippen LogP contribution in [0.2, 0.25) is 0 Å². The highest BCUT2D eigenvalue weighted by atomic mass is 79.9. The van der Waals surface area contributed by atoms with Gasteiger partial charge in [0.2, 0.25) is 0 Å². The van der Waals surface area contributed by atoms with Crippen LogP contribution in [-0.4, -0.2) is 10.3 Å². The third kappa shape index (κ3) is 2.29. The fourth-order valence-electron chi connectivity index (χ4n) is 1.63. The topological polar surface area (TPSA) is 72.3 Å². The molecular weight excluding hydrogens is 284 g/mol. The Morgan fingerprint density at radius 3 is 2.59 bits per heavy atom. The van der Waals surface area contributed by atoms with Gasteiger partial charge in [0.1, 0.15) is 5.75 Å². The number of nitrogen functional groups attached to an aromatic ring is 1. The summed E-state index contributed by atoms with van der Waals surface area (Å²) < 4.78 is 5.96. The molecule has 3 N–H and O–H groups in total. The van der Waals surface area contributed by atoms with E-state index in [1.165, 1.54) is 0 Å². The average Bonchev–Trinajstić information content (AvgIpc) is 2.67. The average molecular weight is 297 g/mol. The van der Waals surface area contributed by atoms with Crippen LogP contribution in [0.15, 0.2) is 27.2 Å². The van der Waals surface area contributed by atoms with Crippen molar-refractivity contribution in [2.24, 2.45) is 0 Å². The molecule has 0 fully saturated rings. The zero-order chi connectivity index (χ0) is 12.6. The lowest BCUT2D eigenvalue weighted by Gasteiger charge is -2.11. The van der Waals surface area contributed by atoms with Gasteiger partial charge in [-0.1, -0.05) is 34.9 Å². The Balaban J connectivity index is 2.54. The highest BCUT2D eigenvalue weighted by Gasteiger charge is 2.14. The van der Waals surface area contributed by atoms with Crippen LogP contribution in [0.4, 0.5) is 5.82 Å². The van der Waals surface area contributed by atoms with Crippen LogP contribution in [0.5, 0.6) is 5.75 Å². The minimum Gasteiger partial charge on any atom is -0.507 e. The molecule has 2 aromatic rings. The van der Waals surface area contributed by atoms with Gasteiger partial charge in [-0.25, -0.2) is 0 Å². The number of aromatic nitrogens is 1. The first-order valence-electron chi connectivity index (χ1n) is 5.24. The van der Waals surface area contributed by atoms with E-state index in [2.05, 4.69) is 34.9 Å². The lowest BCUT2D eigenvalue weighted by molar-refractivity contribution is 0.429. The van der Waals surface area contributed by atoms with Gasteiger partial charge in [-0.15, -0.1) is 0 Å². The van der Waals surface area contributed by atoms with Gasteiger partial charge in [0.15, 0.2) is 11.6 Å². The van der Waals surface area contributed by atoms with Crippen LogP contribution < -0.4 is 5.73 Å². The summed E-state index contributed by atoms with van der Waals surface area (Å²) in [5.74, 6) is 1.23. The quantitative estimate of drug-likeness (QED) is 0.889. The van der Waals surface area contributed by atoms with Crippen molar-refractivity contribution in [1.29, 1.82) is 0 Å². The van der Waals surface area contributed by atoms with E-state index in [1.54, 1.807) is 12.1 Å². The van der Waals surface area contributed by atoms with Crippen molar-refractivity contribution < 1.29 is 9.63 Å². The molecule has 90 valence electrons. The van der Waals surface area contributed by atoms with Crippen molar-refractivity contribution in [2.75, 3.05) is 5.73 Å². The molecule has 0 saturated heterocycles. The van der Waals surface area contributed by atoms with Crippen molar-refractivity contribution in [1.82, 2.24) is 5.16 Å². The number of halogens is 1. The molecule has 1 aromatic heterocycles.